The van der Waals surface area contributed by atoms with Crippen molar-refractivity contribution in [1.29, 1.82) is 0 Å². The van der Waals surface area contributed by atoms with Gasteiger partial charge in [-0.25, -0.2) is 0 Å². The molecule has 0 radical (unpaired) electrons. The lowest BCUT2D eigenvalue weighted by molar-refractivity contribution is -0.125. The first-order valence-electron chi connectivity index (χ1n) is 11.2. The molecule has 1 aromatic heterocycles. The van der Waals surface area contributed by atoms with E-state index in [9.17, 15) is 4.79 Å². The summed E-state index contributed by atoms with van der Waals surface area (Å²) in [6.45, 7) is 3.76. The predicted octanol–water partition coefficient (Wildman–Crippen LogP) is 4.32. The third kappa shape index (κ3) is 5.20. The van der Waals surface area contributed by atoms with E-state index in [4.69, 9.17) is 9.15 Å². The van der Waals surface area contributed by atoms with Crippen LogP contribution in [-0.4, -0.2) is 50.2 Å². The van der Waals surface area contributed by atoms with Crippen LogP contribution < -0.4 is 5.32 Å². The number of benzene rings is 1. The van der Waals surface area contributed by atoms with Crippen molar-refractivity contribution < 1.29 is 13.9 Å². The quantitative estimate of drug-likeness (QED) is 0.754. The van der Waals surface area contributed by atoms with Gasteiger partial charge in [-0.05, 0) is 82.5 Å². The normalized spacial score (nSPS) is 24.0. The molecule has 0 bridgehead atoms. The molecule has 2 aromatic rings. The van der Waals surface area contributed by atoms with Gasteiger partial charge in [-0.15, -0.1) is 0 Å². The molecule has 4 rings (SSSR count). The van der Waals surface area contributed by atoms with Gasteiger partial charge in [0.1, 0.15) is 12.2 Å². The Morgan fingerprint density at radius 2 is 1.90 bits per heavy atom. The molecule has 1 aliphatic carbocycles. The Balaban J connectivity index is 1.17. The summed E-state index contributed by atoms with van der Waals surface area (Å²) in [6, 6.07) is 8.74. The number of carbonyl (C=O) groups excluding carboxylic acids is 1. The van der Waals surface area contributed by atoms with Gasteiger partial charge in [0, 0.05) is 24.1 Å². The van der Waals surface area contributed by atoms with E-state index in [0.717, 1.165) is 24.3 Å². The number of furan rings is 1. The number of hydrogen-bond donors (Lipinski definition) is 1. The Morgan fingerprint density at radius 1 is 1.14 bits per heavy atom. The Kier molecular flexibility index (Phi) is 6.88. The van der Waals surface area contributed by atoms with E-state index < -0.39 is 0 Å². The molecule has 5 nitrogen and oxygen atoms in total. The van der Waals surface area contributed by atoms with Gasteiger partial charge in [0.15, 0.2) is 0 Å². The molecule has 1 aliphatic heterocycles. The number of amides is 1. The van der Waals surface area contributed by atoms with Crippen LogP contribution in [0.5, 0.6) is 0 Å². The molecule has 1 saturated heterocycles. The van der Waals surface area contributed by atoms with Gasteiger partial charge in [-0.3, -0.25) is 4.79 Å². The lowest BCUT2D eigenvalue weighted by atomic mass is 9.83. The zero-order chi connectivity index (χ0) is 20.1. The summed E-state index contributed by atoms with van der Waals surface area (Å²) in [5, 5.41) is 4.39. The van der Waals surface area contributed by atoms with Gasteiger partial charge in [0.25, 0.3) is 0 Å². The number of methoxy groups -OCH3 is 1. The van der Waals surface area contributed by atoms with E-state index in [1.165, 1.54) is 62.7 Å². The molecule has 158 valence electrons. The maximum Gasteiger partial charge on any atom is 0.246 e. The van der Waals surface area contributed by atoms with Crippen molar-refractivity contribution in [3.63, 3.8) is 0 Å². The highest BCUT2D eigenvalue weighted by atomic mass is 16.5. The molecule has 1 aromatic carbocycles. The van der Waals surface area contributed by atoms with Crippen molar-refractivity contribution in [2.24, 2.45) is 5.92 Å². The lowest BCUT2D eigenvalue weighted by Crippen LogP contribution is -2.40. The number of likely N-dealkylation sites (tertiary alicyclic amines) is 1. The number of nitrogens with zero attached hydrogens (tertiary/aromatic N) is 1. The number of para-hydroxylation sites is 1. The van der Waals surface area contributed by atoms with Crippen molar-refractivity contribution in [2.45, 2.75) is 56.9 Å². The third-order valence-corrected chi connectivity index (χ3v) is 6.88. The molecule has 2 aliphatic rings. The van der Waals surface area contributed by atoms with E-state index in [1.807, 2.05) is 12.3 Å². The summed E-state index contributed by atoms with van der Waals surface area (Å²) in [4.78, 5) is 14.3. The molecule has 1 N–H and O–H groups in total. The van der Waals surface area contributed by atoms with Gasteiger partial charge in [-0.2, -0.15) is 0 Å². The number of piperidine rings is 1. The lowest BCUT2D eigenvalue weighted by Gasteiger charge is -2.34. The maximum atomic E-state index is 11.7. The van der Waals surface area contributed by atoms with Gasteiger partial charge >= 0.3 is 0 Å². The molecular weight excluding hydrogens is 364 g/mol. The largest absolute Gasteiger partial charge is 0.464 e. The maximum absolute atomic E-state index is 11.7. The predicted molar refractivity (Wildman–Crippen MR) is 115 cm³/mol. The fraction of sp³-hybridized carbons (Fsp3) is 0.625. The van der Waals surface area contributed by atoms with Crippen molar-refractivity contribution in [3.8, 4) is 0 Å². The van der Waals surface area contributed by atoms with Crippen LogP contribution in [0.2, 0.25) is 0 Å². The van der Waals surface area contributed by atoms with Crippen LogP contribution in [0.1, 0.15) is 56.4 Å². The fourth-order valence-corrected chi connectivity index (χ4v) is 5.14. The fourth-order valence-electron chi connectivity index (χ4n) is 5.14. The first kappa shape index (κ1) is 20.4. The van der Waals surface area contributed by atoms with Gasteiger partial charge < -0.3 is 19.4 Å². The van der Waals surface area contributed by atoms with Crippen LogP contribution in [0.15, 0.2) is 34.9 Å². The van der Waals surface area contributed by atoms with Crippen LogP contribution >= 0.6 is 0 Å². The average molecular weight is 399 g/mol. The molecule has 5 heteroatoms. The highest BCUT2D eigenvalue weighted by molar-refractivity contribution is 5.81. The smallest absolute Gasteiger partial charge is 0.246 e. The molecule has 1 amide bonds. The third-order valence-electron chi connectivity index (χ3n) is 6.88. The zero-order valence-electron chi connectivity index (χ0n) is 17.6. The molecule has 0 unspecified atom stereocenters. The minimum absolute atomic E-state index is 0.0178. The number of carbonyl (C=O) groups is 1. The molecule has 0 atom stereocenters. The van der Waals surface area contributed by atoms with E-state index in [-0.39, 0.29) is 12.5 Å². The molecule has 29 heavy (non-hydrogen) atoms. The SMILES string of the molecule is COCC(=O)NC1CCC(CCN2CCC(c3coc4ccccc34)CC2)CC1. The van der Waals surface area contributed by atoms with Gasteiger partial charge in [0.2, 0.25) is 5.91 Å². The van der Waals surface area contributed by atoms with E-state index in [0.29, 0.717) is 12.0 Å². The van der Waals surface area contributed by atoms with Crippen molar-refractivity contribution in [2.75, 3.05) is 33.4 Å². The van der Waals surface area contributed by atoms with Crippen LogP contribution in [-0.2, 0) is 9.53 Å². The minimum Gasteiger partial charge on any atom is -0.464 e. The Hall–Kier alpha value is -1.85. The highest BCUT2D eigenvalue weighted by Gasteiger charge is 2.26. The summed E-state index contributed by atoms with van der Waals surface area (Å²) < 4.78 is 10.7. The monoisotopic (exact) mass is 398 g/mol. The number of ether oxygens (including phenoxy) is 1. The van der Waals surface area contributed by atoms with E-state index >= 15 is 0 Å². The van der Waals surface area contributed by atoms with Crippen molar-refractivity contribution in [3.05, 3.63) is 36.1 Å². The molecule has 2 heterocycles. The standard InChI is InChI=1S/C24H34N2O3/c1-28-17-24(27)25-20-8-6-18(7-9-20)10-13-26-14-11-19(12-15-26)22-16-29-23-5-3-2-4-21(22)23/h2-5,16,18-20H,6-15,17H2,1H3,(H,25,27). The average Bonchev–Trinajstić information content (AvgIpc) is 3.18. The highest BCUT2D eigenvalue weighted by Crippen LogP contribution is 2.35. The van der Waals surface area contributed by atoms with Crippen molar-refractivity contribution >= 4 is 16.9 Å². The van der Waals surface area contributed by atoms with Crippen LogP contribution in [0.25, 0.3) is 11.0 Å². The number of nitrogens with one attached hydrogen (secondary N) is 1. The Labute approximate surface area is 173 Å². The summed E-state index contributed by atoms with van der Waals surface area (Å²) in [7, 11) is 1.57. The topological polar surface area (TPSA) is 54.7 Å². The zero-order valence-corrected chi connectivity index (χ0v) is 17.6. The number of fused-ring (bicyclic) bond motifs is 1. The summed E-state index contributed by atoms with van der Waals surface area (Å²) >= 11 is 0. The Morgan fingerprint density at radius 3 is 2.66 bits per heavy atom. The number of hydrogen-bond acceptors (Lipinski definition) is 4. The minimum atomic E-state index is 0.0178. The van der Waals surface area contributed by atoms with Crippen LogP contribution in [0.4, 0.5) is 0 Å². The second-order valence-electron chi connectivity index (χ2n) is 8.81. The molecular formula is C24H34N2O3. The first-order valence-corrected chi connectivity index (χ1v) is 11.2. The second kappa shape index (κ2) is 9.77. The Bertz CT molecular complexity index is 786. The first-order chi connectivity index (χ1) is 14.2. The summed E-state index contributed by atoms with van der Waals surface area (Å²) in [5.74, 6) is 1.45. The summed E-state index contributed by atoms with van der Waals surface area (Å²) in [5.41, 5.74) is 2.41. The van der Waals surface area contributed by atoms with Crippen LogP contribution in [0, 0.1) is 5.92 Å². The van der Waals surface area contributed by atoms with E-state index in [1.54, 1.807) is 7.11 Å². The van der Waals surface area contributed by atoms with Crippen LogP contribution in [0.3, 0.4) is 0 Å². The van der Waals surface area contributed by atoms with Gasteiger partial charge in [0.05, 0.1) is 6.26 Å². The molecule has 0 spiro atoms. The summed E-state index contributed by atoms with van der Waals surface area (Å²) in [6.07, 6.45) is 10.4. The van der Waals surface area contributed by atoms with Gasteiger partial charge in [-0.1, -0.05) is 18.2 Å². The molecule has 1 saturated carbocycles. The van der Waals surface area contributed by atoms with E-state index in [2.05, 4.69) is 28.4 Å². The molecule has 2 fully saturated rings. The number of rotatable bonds is 7. The van der Waals surface area contributed by atoms with Crippen molar-refractivity contribution in [1.82, 2.24) is 10.2 Å². The second-order valence-corrected chi connectivity index (χ2v) is 8.81.